The molecule has 1 aromatic heterocycles. The van der Waals surface area contributed by atoms with Crippen LogP contribution in [0.2, 0.25) is 0 Å². The van der Waals surface area contributed by atoms with Crippen LogP contribution in [-0.4, -0.2) is 27.7 Å². The first-order chi connectivity index (χ1) is 11.0. The molecule has 11 heteroatoms. The average molecular weight is 319 g/mol. The molecule has 1 aromatic carbocycles. The summed E-state index contributed by atoms with van der Waals surface area (Å²) in [4.78, 5) is 29.3. The number of nitrogen functional groups attached to an aromatic ring is 2. The summed E-state index contributed by atoms with van der Waals surface area (Å²) in [7, 11) is 0. The van der Waals surface area contributed by atoms with Gasteiger partial charge in [0, 0.05) is 0 Å². The van der Waals surface area contributed by atoms with Crippen molar-refractivity contribution in [2.24, 2.45) is 0 Å². The van der Waals surface area contributed by atoms with Gasteiger partial charge in [0.15, 0.2) is 11.5 Å². The zero-order valence-corrected chi connectivity index (χ0v) is 11.4. The summed E-state index contributed by atoms with van der Waals surface area (Å²) in [5.41, 5.74) is 10.1. The molecule has 11 nitrogen and oxygen atoms in total. The number of carbonyl (C=O) groups excluding carboxylic acids is 1. The fraction of sp³-hybridized carbons (Fsp3) is 0.0833. The molecule has 118 valence electrons. The van der Waals surface area contributed by atoms with Gasteiger partial charge in [-0.15, -0.1) is 0 Å². The number of carbonyl (C=O) groups is 1. The molecule has 0 fully saturated rings. The van der Waals surface area contributed by atoms with Crippen molar-refractivity contribution < 1.29 is 23.9 Å². The van der Waals surface area contributed by atoms with Crippen molar-refractivity contribution in [3.63, 3.8) is 0 Å². The third-order valence-electron chi connectivity index (χ3n) is 2.88. The Kier molecular flexibility index (Phi) is 3.29. The second-order valence-electron chi connectivity index (χ2n) is 4.34. The summed E-state index contributed by atoms with van der Waals surface area (Å²) in [5.74, 6) is -1.57. The van der Waals surface area contributed by atoms with Crippen LogP contribution in [0.3, 0.4) is 0 Å². The summed E-state index contributed by atoms with van der Waals surface area (Å²) in [5, 5.41) is 11.0. The molecule has 2 heterocycles. The van der Waals surface area contributed by atoms with Gasteiger partial charge in [-0.3, -0.25) is 10.1 Å². The number of nitro groups is 1. The summed E-state index contributed by atoms with van der Waals surface area (Å²) in [6.45, 7) is 0.0400. The zero-order valence-electron chi connectivity index (χ0n) is 11.4. The van der Waals surface area contributed by atoms with E-state index in [1.165, 1.54) is 18.2 Å². The molecule has 0 unspecified atom stereocenters. The van der Waals surface area contributed by atoms with E-state index in [9.17, 15) is 14.9 Å². The molecule has 2 aromatic rings. The molecule has 0 bridgehead atoms. The smallest absolute Gasteiger partial charge is 0.373 e. The van der Waals surface area contributed by atoms with Crippen LogP contribution in [0.1, 0.15) is 10.4 Å². The molecule has 0 amide bonds. The Hall–Kier alpha value is -3.63. The van der Waals surface area contributed by atoms with E-state index in [4.69, 9.17) is 25.7 Å². The van der Waals surface area contributed by atoms with Gasteiger partial charge >= 0.3 is 17.5 Å². The Morgan fingerprint density at radius 2 is 2.00 bits per heavy atom. The van der Waals surface area contributed by atoms with E-state index in [1.54, 1.807) is 0 Å². The molecular formula is C12H9N5O6. The number of hydrogen-bond acceptors (Lipinski definition) is 10. The number of rotatable bonds is 3. The molecule has 0 radical (unpaired) electrons. The lowest BCUT2D eigenvalue weighted by Crippen LogP contribution is -2.13. The average Bonchev–Trinajstić information content (AvgIpc) is 2.93. The third-order valence-corrected chi connectivity index (χ3v) is 2.88. The summed E-state index contributed by atoms with van der Waals surface area (Å²) in [6.07, 6.45) is 0. The molecule has 0 aliphatic carbocycles. The van der Waals surface area contributed by atoms with Crippen molar-refractivity contribution in [1.82, 2.24) is 9.97 Å². The molecule has 4 N–H and O–H groups in total. The SMILES string of the molecule is Nc1nc(N)c([N+](=O)[O-])c(OC(=O)c2ccc3c(c2)OCO3)n1. The quantitative estimate of drug-likeness (QED) is 0.462. The highest BCUT2D eigenvalue weighted by atomic mass is 16.7. The highest BCUT2D eigenvalue weighted by Gasteiger charge is 2.27. The summed E-state index contributed by atoms with van der Waals surface area (Å²) >= 11 is 0. The van der Waals surface area contributed by atoms with Gasteiger partial charge < -0.3 is 25.7 Å². The lowest BCUT2D eigenvalue weighted by Gasteiger charge is -2.06. The van der Waals surface area contributed by atoms with Gasteiger partial charge in [0.2, 0.25) is 18.6 Å². The molecule has 1 aliphatic heterocycles. The first-order valence-corrected chi connectivity index (χ1v) is 6.15. The van der Waals surface area contributed by atoms with Crippen LogP contribution in [0.25, 0.3) is 0 Å². The van der Waals surface area contributed by atoms with E-state index < -0.39 is 28.3 Å². The molecule has 23 heavy (non-hydrogen) atoms. The molecule has 0 saturated heterocycles. The maximum atomic E-state index is 12.1. The molecular weight excluding hydrogens is 310 g/mol. The number of nitrogens with two attached hydrogens (primary N) is 2. The molecule has 1 aliphatic rings. The summed E-state index contributed by atoms with van der Waals surface area (Å²) < 4.78 is 15.2. The molecule has 0 atom stereocenters. The van der Waals surface area contributed by atoms with Crippen molar-refractivity contribution in [1.29, 1.82) is 0 Å². The van der Waals surface area contributed by atoms with Crippen LogP contribution in [0.15, 0.2) is 18.2 Å². The normalized spacial score (nSPS) is 12.0. The van der Waals surface area contributed by atoms with Gasteiger partial charge in [-0.05, 0) is 18.2 Å². The zero-order chi connectivity index (χ0) is 16.6. The summed E-state index contributed by atoms with van der Waals surface area (Å²) in [6, 6.07) is 4.30. The van der Waals surface area contributed by atoms with Crippen molar-refractivity contribution in [2.45, 2.75) is 0 Å². The van der Waals surface area contributed by atoms with E-state index in [0.717, 1.165) is 0 Å². The first-order valence-electron chi connectivity index (χ1n) is 6.15. The molecule has 0 saturated carbocycles. The second-order valence-corrected chi connectivity index (χ2v) is 4.34. The largest absolute Gasteiger partial charge is 0.454 e. The Morgan fingerprint density at radius 3 is 2.74 bits per heavy atom. The number of nitrogens with zero attached hydrogens (tertiary/aromatic N) is 3. The highest BCUT2D eigenvalue weighted by Crippen LogP contribution is 2.34. The van der Waals surface area contributed by atoms with E-state index in [1.807, 2.05) is 0 Å². The van der Waals surface area contributed by atoms with Gasteiger partial charge in [-0.2, -0.15) is 9.97 Å². The Morgan fingerprint density at radius 1 is 1.26 bits per heavy atom. The number of benzene rings is 1. The monoisotopic (exact) mass is 319 g/mol. The van der Waals surface area contributed by atoms with Gasteiger partial charge in [-0.25, -0.2) is 4.79 Å². The minimum atomic E-state index is -0.899. The van der Waals surface area contributed by atoms with Crippen LogP contribution in [0.4, 0.5) is 17.5 Å². The van der Waals surface area contributed by atoms with Gasteiger partial charge in [-0.1, -0.05) is 0 Å². The van der Waals surface area contributed by atoms with Crippen molar-refractivity contribution in [3.8, 4) is 17.4 Å². The highest BCUT2D eigenvalue weighted by molar-refractivity contribution is 5.92. The molecule has 3 rings (SSSR count). The van der Waals surface area contributed by atoms with Gasteiger partial charge in [0.05, 0.1) is 10.5 Å². The Balaban J connectivity index is 1.93. The third kappa shape index (κ3) is 2.62. The van der Waals surface area contributed by atoms with Crippen molar-refractivity contribution in [3.05, 3.63) is 33.9 Å². The lowest BCUT2D eigenvalue weighted by atomic mass is 10.2. The number of aromatic nitrogens is 2. The molecule has 0 spiro atoms. The standard InChI is InChI=1S/C12H9N5O6/c13-9-8(17(19)20)10(16-12(14)15-9)23-11(18)5-1-2-6-7(3-5)22-4-21-6/h1-3H,4H2,(H4,13,14,15,16). The van der Waals surface area contributed by atoms with Crippen LogP contribution in [0, 0.1) is 10.1 Å². The van der Waals surface area contributed by atoms with Crippen LogP contribution in [0.5, 0.6) is 17.4 Å². The van der Waals surface area contributed by atoms with Crippen LogP contribution < -0.4 is 25.7 Å². The van der Waals surface area contributed by atoms with E-state index in [-0.39, 0.29) is 18.3 Å². The second kappa shape index (κ2) is 5.29. The van der Waals surface area contributed by atoms with Gasteiger partial charge in [0.1, 0.15) is 0 Å². The van der Waals surface area contributed by atoms with Crippen molar-refractivity contribution in [2.75, 3.05) is 18.3 Å². The van der Waals surface area contributed by atoms with Crippen LogP contribution >= 0.6 is 0 Å². The fourth-order valence-corrected chi connectivity index (χ4v) is 1.88. The first kappa shape index (κ1) is 14.3. The van der Waals surface area contributed by atoms with Gasteiger partial charge in [0.25, 0.3) is 0 Å². The topological polar surface area (TPSA) is 166 Å². The number of fused-ring (bicyclic) bond motifs is 1. The van der Waals surface area contributed by atoms with E-state index in [2.05, 4.69) is 9.97 Å². The number of hydrogen-bond donors (Lipinski definition) is 2. The maximum Gasteiger partial charge on any atom is 0.373 e. The number of anilines is 2. The van der Waals surface area contributed by atoms with Crippen molar-refractivity contribution >= 4 is 23.4 Å². The van der Waals surface area contributed by atoms with E-state index >= 15 is 0 Å². The van der Waals surface area contributed by atoms with E-state index in [0.29, 0.717) is 11.5 Å². The van der Waals surface area contributed by atoms with Crippen LogP contribution in [-0.2, 0) is 0 Å². The Labute approximate surface area is 127 Å². The minimum absolute atomic E-state index is 0.0400. The maximum absolute atomic E-state index is 12.1. The fourth-order valence-electron chi connectivity index (χ4n) is 1.88. The number of esters is 1. The minimum Gasteiger partial charge on any atom is -0.454 e. The Bertz CT molecular complexity index is 824. The number of ether oxygens (including phenoxy) is 3. The predicted molar refractivity (Wildman–Crippen MR) is 75.0 cm³/mol. The lowest BCUT2D eigenvalue weighted by molar-refractivity contribution is -0.385. The predicted octanol–water partition coefficient (Wildman–Crippen LogP) is 0.497.